The third-order valence-electron chi connectivity index (χ3n) is 3.78. The fourth-order valence-electron chi connectivity index (χ4n) is 2.66. The first-order chi connectivity index (χ1) is 9.15. The van der Waals surface area contributed by atoms with E-state index in [9.17, 15) is 0 Å². The lowest BCUT2D eigenvalue weighted by molar-refractivity contribution is 0.462. The van der Waals surface area contributed by atoms with Gasteiger partial charge in [0, 0.05) is 17.9 Å². The summed E-state index contributed by atoms with van der Waals surface area (Å²) >= 11 is 0. The van der Waals surface area contributed by atoms with Crippen LogP contribution in [0.5, 0.6) is 0 Å². The van der Waals surface area contributed by atoms with E-state index in [1.807, 2.05) is 26.0 Å². The summed E-state index contributed by atoms with van der Waals surface area (Å²) in [4.78, 5) is 6.77. The van der Waals surface area contributed by atoms with E-state index in [1.165, 1.54) is 11.3 Å². The third kappa shape index (κ3) is 2.18. The molecular formula is C15H19N3O. The number of anilines is 2. The lowest BCUT2D eigenvalue weighted by Crippen LogP contribution is -2.29. The van der Waals surface area contributed by atoms with Gasteiger partial charge in [0.2, 0.25) is 5.89 Å². The first-order valence-corrected chi connectivity index (χ1v) is 6.70. The Kier molecular flexibility index (Phi) is 2.93. The van der Waals surface area contributed by atoms with Crippen LogP contribution in [0.1, 0.15) is 29.3 Å². The minimum Gasteiger partial charge on any atom is -0.444 e. The Morgan fingerprint density at radius 2 is 2.21 bits per heavy atom. The smallest absolute Gasteiger partial charge is 0.214 e. The van der Waals surface area contributed by atoms with Crippen LogP contribution in [0.25, 0.3) is 0 Å². The van der Waals surface area contributed by atoms with Gasteiger partial charge in [0.1, 0.15) is 5.76 Å². The van der Waals surface area contributed by atoms with Gasteiger partial charge in [-0.2, -0.15) is 0 Å². The molecule has 1 aliphatic rings. The summed E-state index contributed by atoms with van der Waals surface area (Å²) in [7, 11) is 0. The monoisotopic (exact) mass is 257 g/mol. The predicted molar refractivity (Wildman–Crippen MR) is 76.2 cm³/mol. The summed E-state index contributed by atoms with van der Waals surface area (Å²) in [6, 6.07) is 6.12. The van der Waals surface area contributed by atoms with E-state index in [4.69, 9.17) is 10.2 Å². The number of nitrogens with two attached hydrogens (primary N) is 1. The molecule has 1 aliphatic heterocycles. The number of benzene rings is 1. The van der Waals surface area contributed by atoms with Gasteiger partial charge in [-0.1, -0.05) is 6.07 Å². The van der Waals surface area contributed by atoms with Gasteiger partial charge in [-0.05, 0) is 44.4 Å². The topological polar surface area (TPSA) is 55.3 Å². The summed E-state index contributed by atoms with van der Waals surface area (Å²) in [5.74, 6) is 1.69. The maximum Gasteiger partial charge on any atom is 0.214 e. The zero-order valence-electron chi connectivity index (χ0n) is 11.4. The molecule has 0 saturated heterocycles. The fourth-order valence-corrected chi connectivity index (χ4v) is 2.66. The zero-order chi connectivity index (χ0) is 13.4. The molecule has 4 heteroatoms. The van der Waals surface area contributed by atoms with E-state index >= 15 is 0 Å². The molecule has 4 nitrogen and oxygen atoms in total. The van der Waals surface area contributed by atoms with E-state index in [0.717, 1.165) is 42.4 Å². The highest BCUT2D eigenvalue weighted by atomic mass is 16.4. The van der Waals surface area contributed by atoms with E-state index in [-0.39, 0.29) is 0 Å². The molecule has 100 valence electrons. The lowest BCUT2D eigenvalue weighted by Gasteiger charge is -2.30. The van der Waals surface area contributed by atoms with Crippen LogP contribution in [0.15, 0.2) is 22.6 Å². The summed E-state index contributed by atoms with van der Waals surface area (Å²) in [5.41, 5.74) is 10.4. The Morgan fingerprint density at radius 3 is 2.95 bits per heavy atom. The number of nitrogen functional groups attached to an aromatic ring is 1. The van der Waals surface area contributed by atoms with Crippen LogP contribution in [0.2, 0.25) is 0 Å². The van der Waals surface area contributed by atoms with Crippen LogP contribution in [-0.2, 0) is 13.0 Å². The first kappa shape index (κ1) is 12.1. The number of hydrogen-bond acceptors (Lipinski definition) is 4. The fraction of sp³-hybridized carbons (Fsp3) is 0.400. The van der Waals surface area contributed by atoms with Crippen molar-refractivity contribution >= 4 is 11.4 Å². The summed E-state index contributed by atoms with van der Waals surface area (Å²) in [5, 5.41) is 0. The highest BCUT2D eigenvalue weighted by Crippen LogP contribution is 2.32. The van der Waals surface area contributed by atoms with Gasteiger partial charge in [0.25, 0.3) is 0 Å². The van der Waals surface area contributed by atoms with Crippen LogP contribution in [0, 0.1) is 13.8 Å². The quantitative estimate of drug-likeness (QED) is 0.840. The van der Waals surface area contributed by atoms with Crippen molar-refractivity contribution in [3.8, 4) is 0 Å². The maximum atomic E-state index is 6.06. The number of oxazole rings is 1. The van der Waals surface area contributed by atoms with Crippen LogP contribution >= 0.6 is 0 Å². The molecule has 0 bridgehead atoms. The van der Waals surface area contributed by atoms with E-state index in [1.54, 1.807) is 0 Å². The Balaban J connectivity index is 1.89. The molecule has 1 aromatic carbocycles. The van der Waals surface area contributed by atoms with Gasteiger partial charge in [0.05, 0.1) is 12.2 Å². The number of aromatic nitrogens is 1. The Hall–Kier alpha value is -1.97. The third-order valence-corrected chi connectivity index (χ3v) is 3.78. The molecule has 0 aliphatic carbocycles. The second-order valence-electron chi connectivity index (χ2n) is 5.12. The normalized spacial score (nSPS) is 14.5. The molecule has 0 fully saturated rings. The van der Waals surface area contributed by atoms with Gasteiger partial charge in [-0.15, -0.1) is 0 Å². The first-order valence-electron chi connectivity index (χ1n) is 6.70. The van der Waals surface area contributed by atoms with Crippen LogP contribution in [0.3, 0.4) is 0 Å². The molecule has 2 aromatic rings. The van der Waals surface area contributed by atoms with Crippen molar-refractivity contribution in [3.63, 3.8) is 0 Å². The largest absolute Gasteiger partial charge is 0.444 e. The van der Waals surface area contributed by atoms with Crippen molar-refractivity contribution in [1.29, 1.82) is 0 Å². The molecule has 1 aromatic heterocycles. The highest BCUT2D eigenvalue weighted by molar-refractivity contribution is 5.66. The summed E-state index contributed by atoms with van der Waals surface area (Å²) in [6.07, 6.45) is 2.18. The van der Waals surface area contributed by atoms with Gasteiger partial charge >= 0.3 is 0 Å². The minimum absolute atomic E-state index is 0.713. The number of hydrogen-bond donors (Lipinski definition) is 1. The predicted octanol–water partition coefficient (Wildman–Crippen LogP) is 2.83. The second-order valence-corrected chi connectivity index (χ2v) is 5.12. The molecule has 0 radical (unpaired) electrons. The minimum atomic E-state index is 0.713. The van der Waals surface area contributed by atoms with Crippen molar-refractivity contribution in [3.05, 3.63) is 41.1 Å². The van der Waals surface area contributed by atoms with Gasteiger partial charge in [-0.25, -0.2) is 4.98 Å². The number of rotatable bonds is 2. The molecule has 2 heterocycles. The summed E-state index contributed by atoms with van der Waals surface area (Å²) in [6.45, 7) is 5.67. The molecule has 0 amide bonds. The van der Waals surface area contributed by atoms with Gasteiger partial charge < -0.3 is 15.1 Å². The molecule has 0 unspecified atom stereocenters. The Labute approximate surface area is 113 Å². The van der Waals surface area contributed by atoms with E-state index < -0.39 is 0 Å². The number of nitrogens with zero attached hydrogens (tertiary/aromatic N) is 2. The number of fused-ring (bicyclic) bond motifs is 1. The van der Waals surface area contributed by atoms with Gasteiger partial charge in [-0.3, -0.25) is 0 Å². The van der Waals surface area contributed by atoms with Crippen molar-refractivity contribution in [2.45, 2.75) is 33.2 Å². The van der Waals surface area contributed by atoms with Crippen LogP contribution in [-0.4, -0.2) is 11.5 Å². The van der Waals surface area contributed by atoms with Crippen molar-refractivity contribution in [2.75, 3.05) is 17.2 Å². The van der Waals surface area contributed by atoms with E-state index in [2.05, 4.69) is 16.0 Å². The Morgan fingerprint density at radius 1 is 1.37 bits per heavy atom. The van der Waals surface area contributed by atoms with Crippen molar-refractivity contribution < 1.29 is 4.42 Å². The van der Waals surface area contributed by atoms with Crippen molar-refractivity contribution in [1.82, 2.24) is 4.98 Å². The van der Waals surface area contributed by atoms with Crippen molar-refractivity contribution in [2.24, 2.45) is 0 Å². The number of aryl methyl sites for hydroxylation is 2. The SMILES string of the molecule is Cc1nc(CN2CCCc3c(N)cccc32)oc1C. The second kappa shape index (κ2) is 4.61. The lowest BCUT2D eigenvalue weighted by atomic mass is 10.00. The average molecular weight is 257 g/mol. The molecule has 0 atom stereocenters. The summed E-state index contributed by atoms with van der Waals surface area (Å²) < 4.78 is 5.68. The van der Waals surface area contributed by atoms with Crippen LogP contribution in [0.4, 0.5) is 11.4 Å². The average Bonchev–Trinajstić information content (AvgIpc) is 2.70. The molecule has 19 heavy (non-hydrogen) atoms. The molecule has 0 saturated carbocycles. The maximum absolute atomic E-state index is 6.06. The van der Waals surface area contributed by atoms with Gasteiger partial charge in [0.15, 0.2) is 0 Å². The highest BCUT2D eigenvalue weighted by Gasteiger charge is 2.20. The standard InChI is InChI=1S/C15H19N3O/c1-10-11(2)19-15(17-10)9-18-8-4-5-12-13(16)6-3-7-14(12)18/h3,6-7H,4-5,8-9,16H2,1-2H3. The van der Waals surface area contributed by atoms with E-state index in [0.29, 0.717) is 6.54 Å². The molecule has 0 spiro atoms. The molecule has 2 N–H and O–H groups in total. The Bertz CT molecular complexity index is 584. The molecular weight excluding hydrogens is 238 g/mol. The van der Waals surface area contributed by atoms with Crippen LogP contribution < -0.4 is 10.6 Å². The molecule has 3 rings (SSSR count). The zero-order valence-corrected chi connectivity index (χ0v) is 11.4.